The van der Waals surface area contributed by atoms with Gasteiger partial charge in [-0.3, -0.25) is 0 Å². The van der Waals surface area contributed by atoms with Crippen molar-refractivity contribution in [2.75, 3.05) is 5.32 Å². The highest BCUT2D eigenvalue weighted by atomic mass is 35.5. The number of hydrogen-bond acceptors (Lipinski definition) is 1. The minimum atomic E-state index is -0.545. The van der Waals surface area contributed by atoms with Crippen molar-refractivity contribution in [2.24, 2.45) is 0 Å². The van der Waals surface area contributed by atoms with Gasteiger partial charge >= 0.3 is 0 Å². The van der Waals surface area contributed by atoms with E-state index in [-0.39, 0.29) is 16.1 Å². The molecule has 2 aromatic rings. The van der Waals surface area contributed by atoms with Crippen LogP contribution >= 0.6 is 34.8 Å². The molecule has 0 fully saturated rings. The molecule has 0 saturated heterocycles. The number of halogens is 5. The summed E-state index contributed by atoms with van der Waals surface area (Å²) in [5.41, 5.74) is 1.02. The lowest BCUT2D eigenvalue weighted by atomic mass is 10.1. The van der Waals surface area contributed by atoms with Crippen molar-refractivity contribution in [3.05, 3.63) is 62.6 Å². The Bertz CT molecular complexity index is 647. The summed E-state index contributed by atoms with van der Waals surface area (Å²) in [6, 6.07) is 6.48. The lowest BCUT2D eigenvalue weighted by molar-refractivity contribution is 0.624. The van der Waals surface area contributed by atoms with Gasteiger partial charge in [-0.25, -0.2) is 8.78 Å². The molecule has 0 heterocycles. The van der Waals surface area contributed by atoms with Crippen molar-refractivity contribution in [3.8, 4) is 0 Å². The van der Waals surface area contributed by atoms with Crippen molar-refractivity contribution in [2.45, 2.75) is 13.0 Å². The number of nitrogens with one attached hydrogen (secondary N) is 1. The lowest BCUT2D eigenvalue weighted by Gasteiger charge is -2.19. The molecule has 0 bridgehead atoms. The van der Waals surface area contributed by atoms with E-state index in [4.69, 9.17) is 34.8 Å². The van der Waals surface area contributed by atoms with Crippen LogP contribution in [0.5, 0.6) is 0 Å². The van der Waals surface area contributed by atoms with Crippen molar-refractivity contribution in [3.63, 3.8) is 0 Å². The molecule has 1 unspecified atom stereocenters. The Hall–Kier alpha value is -1.03. The van der Waals surface area contributed by atoms with Gasteiger partial charge in [-0.05, 0) is 37.3 Å². The molecular formula is C14H10Cl3F2N. The molecule has 2 rings (SSSR count). The van der Waals surface area contributed by atoms with Crippen molar-refractivity contribution < 1.29 is 8.78 Å². The molecule has 6 heteroatoms. The molecule has 1 nitrogen and oxygen atoms in total. The zero-order chi connectivity index (χ0) is 14.9. The van der Waals surface area contributed by atoms with Crippen LogP contribution in [-0.2, 0) is 0 Å². The van der Waals surface area contributed by atoms with E-state index in [1.807, 2.05) is 0 Å². The SMILES string of the molecule is CC(Nc1ccc(F)c(Cl)c1)c1c(Cl)ccc(F)c1Cl. The average molecular weight is 337 g/mol. The Labute approximate surface area is 130 Å². The van der Waals surface area contributed by atoms with E-state index in [0.29, 0.717) is 16.3 Å². The van der Waals surface area contributed by atoms with Crippen LogP contribution in [0.1, 0.15) is 18.5 Å². The molecule has 106 valence electrons. The Morgan fingerprint density at radius 3 is 2.25 bits per heavy atom. The number of benzene rings is 2. The van der Waals surface area contributed by atoms with E-state index in [9.17, 15) is 8.78 Å². The van der Waals surface area contributed by atoms with Crippen molar-refractivity contribution in [1.82, 2.24) is 0 Å². The summed E-state index contributed by atoms with van der Waals surface area (Å²) in [5, 5.41) is 3.36. The van der Waals surface area contributed by atoms with Crippen LogP contribution in [0.2, 0.25) is 15.1 Å². The number of anilines is 1. The van der Waals surface area contributed by atoms with E-state index in [0.717, 1.165) is 0 Å². The summed E-state index contributed by atoms with van der Waals surface area (Å²) >= 11 is 17.7. The van der Waals surface area contributed by atoms with E-state index >= 15 is 0 Å². The summed E-state index contributed by atoms with van der Waals surface area (Å²) in [6.07, 6.45) is 0. The van der Waals surface area contributed by atoms with Gasteiger partial charge in [0.1, 0.15) is 11.6 Å². The number of hydrogen-bond donors (Lipinski definition) is 1. The lowest BCUT2D eigenvalue weighted by Crippen LogP contribution is -2.08. The van der Waals surface area contributed by atoms with Gasteiger partial charge in [0.25, 0.3) is 0 Å². The maximum Gasteiger partial charge on any atom is 0.142 e. The van der Waals surface area contributed by atoms with Crippen LogP contribution in [0.15, 0.2) is 30.3 Å². The summed E-state index contributed by atoms with van der Waals surface area (Å²) < 4.78 is 26.6. The fourth-order valence-electron chi connectivity index (χ4n) is 1.85. The molecule has 20 heavy (non-hydrogen) atoms. The maximum absolute atomic E-state index is 13.5. The van der Waals surface area contributed by atoms with Crippen molar-refractivity contribution in [1.29, 1.82) is 0 Å². The first-order valence-electron chi connectivity index (χ1n) is 5.75. The fourth-order valence-corrected chi connectivity index (χ4v) is 2.73. The smallest absolute Gasteiger partial charge is 0.142 e. The molecule has 0 saturated carbocycles. The molecule has 0 aliphatic heterocycles. The topological polar surface area (TPSA) is 12.0 Å². The zero-order valence-corrected chi connectivity index (χ0v) is 12.6. The first-order chi connectivity index (χ1) is 9.40. The van der Waals surface area contributed by atoms with Crippen molar-refractivity contribution >= 4 is 40.5 Å². The van der Waals surface area contributed by atoms with Crippen LogP contribution in [-0.4, -0.2) is 0 Å². The molecule has 0 amide bonds. The Morgan fingerprint density at radius 2 is 1.60 bits per heavy atom. The first-order valence-corrected chi connectivity index (χ1v) is 6.88. The number of rotatable bonds is 3. The van der Waals surface area contributed by atoms with Gasteiger partial charge in [-0.2, -0.15) is 0 Å². The van der Waals surface area contributed by atoms with Gasteiger partial charge in [0, 0.05) is 16.3 Å². The van der Waals surface area contributed by atoms with Gasteiger partial charge < -0.3 is 5.32 Å². The third-order valence-electron chi connectivity index (χ3n) is 2.82. The Morgan fingerprint density at radius 1 is 0.950 bits per heavy atom. The molecule has 2 aromatic carbocycles. The highest BCUT2D eigenvalue weighted by Crippen LogP contribution is 2.34. The predicted octanol–water partition coefficient (Wildman–Crippen LogP) is 6.10. The summed E-state index contributed by atoms with van der Waals surface area (Å²) in [5.74, 6) is -1.05. The Balaban J connectivity index is 2.30. The molecule has 0 aliphatic rings. The molecule has 0 radical (unpaired) electrons. The third kappa shape index (κ3) is 3.17. The highest BCUT2D eigenvalue weighted by molar-refractivity contribution is 6.36. The molecule has 1 N–H and O–H groups in total. The van der Waals surface area contributed by atoms with Gasteiger partial charge in [0.15, 0.2) is 0 Å². The minimum Gasteiger partial charge on any atom is -0.378 e. The van der Waals surface area contributed by atoms with Crippen LogP contribution in [0.3, 0.4) is 0 Å². The van der Waals surface area contributed by atoms with Gasteiger partial charge in [0.2, 0.25) is 0 Å². The van der Waals surface area contributed by atoms with E-state index < -0.39 is 11.6 Å². The standard InChI is InChI=1S/C14H10Cl3F2N/c1-7(13-9(15)3-5-12(19)14(13)17)20-8-2-4-11(18)10(16)6-8/h2-7,20H,1H3. The second-order valence-corrected chi connectivity index (χ2v) is 5.44. The van der Waals surface area contributed by atoms with Crippen LogP contribution in [0, 0.1) is 11.6 Å². The summed E-state index contributed by atoms with van der Waals surface area (Å²) in [4.78, 5) is 0. The van der Waals surface area contributed by atoms with E-state index in [1.54, 1.807) is 6.92 Å². The summed E-state index contributed by atoms with van der Waals surface area (Å²) in [7, 11) is 0. The highest BCUT2D eigenvalue weighted by Gasteiger charge is 2.17. The minimum absolute atomic E-state index is 0.00126. The molecule has 0 spiro atoms. The third-order valence-corrected chi connectivity index (χ3v) is 3.82. The second kappa shape index (κ2) is 6.17. The monoisotopic (exact) mass is 335 g/mol. The zero-order valence-electron chi connectivity index (χ0n) is 10.4. The quantitative estimate of drug-likeness (QED) is 0.668. The fraction of sp³-hybridized carbons (Fsp3) is 0.143. The van der Waals surface area contributed by atoms with Gasteiger partial charge in [-0.15, -0.1) is 0 Å². The molecular weight excluding hydrogens is 327 g/mol. The van der Waals surface area contributed by atoms with E-state index in [1.165, 1.54) is 30.3 Å². The predicted molar refractivity (Wildman–Crippen MR) is 79.9 cm³/mol. The normalized spacial score (nSPS) is 12.3. The van der Waals surface area contributed by atoms with E-state index in [2.05, 4.69) is 5.32 Å². The Kier molecular flexibility index (Phi) is 4.74. The van der Waals surface area contributed by atoms with Crippen LogP contribution < -0.4 is 5.32 Å². The van der Waals surface area contributed by atoms with Crippen LogP contribution in [0.25, 0.3) is 0 Å². The molecule has 0 aromatic heterocycles. The maximum atomic E-state index is 13.5. The summed E-state index contributed by atoms with van der Waals surface area (Å²) in [6.45, 7) is 1.77. The van der Waals surface area contributed by atoms with Gasteiger partial charge in [0.05, 0.1) is 16.1 Å². The molecule has 1 atom stereocenters. The average Bonchev–Trinajstić information content (AvgIpc) is 2.39. The first kappa shape index (κ1) is 15.4. The largest absolute Gasteiger partial charge is 0.378 e. The second-order valence-electron chi connectivity index (χ2n) is 4.25. The molecule has 0 aliphatic carbocycles. The van der Waals surface area contributed by atoms with Crippen LogP contribution in [0.4, 0.5) is 14.5 Å². The van der Waals surface area contributed by atoms with Gasteiger partial charge in [-0.1, -0.05) is 34.8 Å².